The molecule has 0 saturated heterocycles. The van der Waals surface area contributed by atoms with Crippen LogP contribution in [-0.2, 0) is 9.59 Å². The van der Waals surface area contributed by atoms with E-state index < -0.39 is 0 Å². The molecule has 136 valence electrons. The highest BCUT2D eigenvalue weighted by Gasteiger charge is 2.15. The van der Waals surface area contributed by atoms with E-state index in [4.69, 9.17) is 0 Å². The number of quaternary nitrogens is 1. The molecule has 2 amide bonds. The molecule has 0 fully saturated rings. The molecule has 0 aliphatic heterocycles. The van der Waals surface area contributed by atoms with Crippen LogP contribution in [0.25, 0.3) is 0 Å². The lowest BCUT2D eigenvalue weighted by molar-refractivity contribution is -0.862. The highest BCUT2D eigenvalue weighted by Crippen LogP contribution is 2.19. The van der Waals surface area contributed by atoms with Crippen LogP contribution in [-0.4, -0.2) is 50.9 Å². The van der Waals surface area contributed by atoms with Crippen LogP contribution in [0.1, 0.15) is 0 Å². The van der Waals surface area contributed by atoms with Gasteiger partial charge in [0.05, 0.1) is 18.4 Å². The van der Waals surface area contributed by atoms with Crippen molar-refractivity contribution in [1.82, 2.24) is 4.90 Å². The molecule has 0 aliphatic rings. The lowest BCUT2D eigenvalue weighted by atomic mass is 10.3. The van der Waals surface area contributed by atoms with Gasteiger partial charge >= 0.3 is 0 Å². The number of rotatable bonds is 7. The number of amides is 2. The van der Waals surface area contributed by atoms with Crippen molar-refractivity contribution in [3.8, 4) is 0 Å². The summed E-state index contributed by atoms with van der Waals surface area (Å²) >= 11 is 0. The van der Waals surface area contributed by atoms with Gasteiger partial charge in [0, 0.05) is 19.8 Å². The molecule has 7 heteroatoms. The minimum atomic E-state index is -0.146. The number of anilines is 1. The quantitative estimate of drug-likeness (QED) is 0.742. The number of azo groups is 1. The number of hydrogen-bond acceptors (Lipinski definition) is 4. The van der Waals surface area contributed by atoms with Crippen molar-refractivity contribution in [2.24, 2.45) is 10.2 Å². The maximum Gasteiger partial charge on any atom is 0.279 e. The van der Waals surface area contributed by atoms with E-state index in [0.29, 0.717) is 11.4 Å². The molecule has 0 saturated carbocycles. The van der Waals surface area contributed by atoms with Crippen molar-refractivity contribution in [1.29, 1.82) is 0 Å². The molecule has 0 aromatic heterocycles. The van der Waals surface area contributed by atoms with Crippen LogP contribution in [0, 0.1) is 0 Å². The zero-order chi connectivity index (χ0) is 18.9. The van der Waals surface area contributed by atoms with Gasteiger partial charge in [0.25, 0.3) is 11.8 Å². The second kappa shape index (κ2) is 9.43. The fourth-order valence-corrected chi connectivity index (χ4v) is 2.18. The highest BCUT2D eigenvalue weighted by atomic mass is 16.2. The molecule has 0 bridgehead atoms. The van der Waals surface area contributed by atoms with Crippen LogP contribution in [0.5, 0.6) is 0 Å². The maximum absolute atomic E-state index is 12.1. The van der Waals surface area contributed by atoms with Gasteiger partial charge in [-0.2, -0.15) is 10.2 Å². The molecule has 0 spiro atoms. The summed E-state index contributed by atoms with van der Waals surface area (Å²) in [5, 5.41) is 11.1. The van der Waals surface area contributed by atoms with E-state index in [1.807, 2.05) is 37.4 Å². The van der Waals surface area contributed by atoms with Gasteiger partial charge in [-0.05, 0) is 36.4 Å². The van der Waals surface area contributed by atoms with E-state index in [-0.39, 0.29) is 24.9 Å². The molecule has 0 radical (unpaired) electrons. The van der Waals surface area contributed by atoms with E-state index in [1.54, 1.807) is 38.4 Å². The molecule has 2 aromatic carbocycles. The molecule has 26 heavy (non-hydrogen) atoms. The number of nitrogens with zero attached hydrogens (tertiary/aromatic N) is 3. The van der Waals surface area contributed by atoms with Gasteiger partial charge in [0.15, 0.2) is 13.1 Å². The van der Waals surface area contributed by atoms with Crippen molar-refractivity contribution in [2.75, 3.05) is 39.5 Å². The Morgan fingerprint density at radius 3 is 2.08 bits per heavy atom. The first-order valence-electron chi connectivity index (χ1n) is 8.32. The Balaban J connectivity index is 1.85. The van der Waals surface area contributed by atoms with E-state index >= 15 is 0 Å². The number of carbonyl (C=O) groups excluding carboxylic acids is 2. The number of likely N-dealkylation sites (N-methyl/N-ethyl adjacent to an activating group) is 2. The molecule has 0 heterocycles. The highest BCUT2D eigenvalue weighted by molar-refractivity contribution is 5.91. The molecular weight excluding hydrogens is 330 g/mol. The van der Waals surface area contributed by atoms with Crippen molar-refractivity contribution < 1.29 is 14.5 Å². The van der Waals surface area contributed by atoms with Crippen LogP contribution in [0.15, 0.2) is 64.8 Å². The number of carbonyl (C=O) groups is 2. The monoisotopic (exact) mass is 354 g/mol. The number of nitrogens with one attached hydrogen (secondary N) is 2. The lowest BCUT2D eigenvalue weighted by Crippen LogP contribution is -3.11. The van der Waals surface area contributed by atoms with E-state index in [1.165, 1.54) is 4.90 Å². The summed E-state index contributed by atoms with van der Waals surface area (Å²) in [7, 11) is 5.22. The smallest absolute Gasteiger partial charge is 0.279 e. The Labute approximate surface area is 153 Å². The molecule has 2 aromatic rings. The lowest BCUT2D eigenvalue weighted by Gasteiger charge is -2.16. The molecule has 1 atom stereocenters. The zero-order valence-electron chi connectivity index (χ0n) is 15.3. The molecular formula is C19H24N5O2+. The maximum atomic E-state index is 12.1. The van der Waals surface area contributed by atoms with Gasteiger partial charge in [-0.1, -0.05) is 18.2 Å². The first kappa shape index (κ1) is 19.3. The summed E-state index contributed by atoms with van der Waals surface area (Å²) in [5.74, 6) is -0.156. The molecule has 1 unspecified atom stereocenters. The zero-order valence-corrected chi connectivity index (χ0v) is 15.3. The topological polar surface area (TPSA) is 78.6 Å². The van der Waals surface area contributed by atoms with Gasteiger partial charge in [-0.15, -0.1) is 0 Å². The predicted molar refractivity (Wildman–Crippen MR) is 101 cm³/mol. The van der Waals surface area contributed by atoms with Crippen LogP contribution >= 0.6 is 0 Å². The Kier molecular flexibility index (Phi) is 6.99. The third kappa shape index (κ3) is 6.45. The SMILES string of the molecule is CN(C)C(=O)C[NH+](C)CC(=O)Nc1ccc(N=Nc2ccccc2)cc1. The average Bonchev–Trinajstić information content (AvgIpc) is 2.61. The second-order valence-electron chi connectivity index (χ2n) is 6.23. The van der Waals surface area contributed by atoms with Crippen LogP contribution in [0.2, 0.25) is 0 Å². The minimum Gasteiger partial charge on any atom is -0.344 e. The van der Waals surface area contributed by atoms with Crippen molar-refractivity contribution in [3.63, 3.8) is 0 Å². The van der Waals surface area contributed by atoms with Gasteiger partial charge in [-0.25, -0.2) is 0 Å². The minimum absolute atomic E-state index is 0.0107. The fraction of sp³-hybridized carbons (Fsp3) is 0.263. The summed E-state index contributed by atoms with van der Waals surface area (Å²) in [6.07, 6.45) is 0. The van der Waals surface area contributed by atoms with Crippen LogP contribution in [0.3, 0.4) is 0 Å². The predicted octanol–water partition coefficient (Wildman–Crippen LogP) is 1.64. The van der Waals surface area contributed by atoms with E-state index in [2.05, 4.69) is 15.5 Å². The number of hydrogen-bond donors (Lipinski definition) is 2. The van der Waals surface area contributed by atoms with E-state index in [0.717, 1.165) is 10.6 Å². The van der Waals surface area contributed by atoms with Crippen molar-refractivity contribution in [2.45, 2.75) is 0 Å². The Morgan fingerprint density at radius 2 is 1.50 bits per heavy atom. The van der Waals surface area contributed by atoms with Gasteiger partial charge in [0.1, 0.15) is 0 Å². The van der Waals surface area contributed by atoms with E-state index in [9.17, 15) is 9.59 Å². The first-order valence-corrected chi connectivity index (χ1v) is 8.32. The Bertz CT molecular complexity index is 757. The Morgan fingerprint density at radius 1 is 0.923 bits per heavy atom. The average molecular weight is 354 g/mol. The number of benzene rings is 2. The van der Waals surface area contributed by atoms with Gasteiger partial charge in [-0.3, -0.25) is 9.59 Å². The third-order valence-corrected chi connectivity index (χ3v) is 3.60. The molecule has 2 rings (SSSR count). The summed E-state index contributed by atoms with van der Waals surface area (Å²) in [5.41, 5.74) is 2.16. The fourth-order valence-electron chi connectivity index (χ4n) is 2.18. The van der Waals surface area contributed by atoms with Crippen molar-refractivity contribution in [3.05, 3.63) is 54.6 Å². The Hall–Kier alpha value is -3.06. The first-order chi connectivity index (χ1) is 12.4. The molecule has 0 aliphatic carbocycles. The standard InChI is InChI=1S/C19H23N5O2/c1-23(2)19(26)14-24(3)13-18(25)20-15-9-11-17(12-10-15)22-21-16-7-5-4-6-8-16/h4-12H,13-14H2,1-3H3,(H,20,25)/p+1. The summed E-state index contributed by atoms with van der Waals surface area (Å²) < 4.78 is 0. The second-order valence-corrected chi connectivity index (χ2v) is 6.23. The normalized spacial score (nSPS) is 12.0. The van der Waals surface area contributed by atoms with Gasteiger partial charge in [0.2, 0.25) is 0 Å². The summed E-state index contributed by atoms with van der Waals surface area (Å²) in [6.45, 7) is 0.494. The molecule has 7 nitrogen and oxygen atoms in total. The third-order valence-electron chi connectivity index (χ3n) is 3.60. The van der Waals surface area contributed by atoms with Gasteiger partial charge < -0.3 is 15.1 Å². The van der Waals surface area contributed by atoms with Crippen LogP contribution < -0.4 is 10.2 Å². The largest absolute Gasteiger partial charge is 0.344 e. The summed E-state index contributed by atoms with van der Waals surface area (Å²) in [6, 6.07) is 16.6. The van der Waals surface area contributed by atoms with Crippen molar-refractivity contribution >= 4 is 28.9 Å². The molecule has 2 N–H and O–H groups in total. The summed E-state index contributed by atoms with van der Waals surface area (Å²) in [4.78, 5) is 26.1. The van der Waals surface area contributed by atoms with Crippen LogP contribution in [0.4, 0.5) is 17.1 Å².